The van der Waals surface area contributed by atoms with Crippen LogP contribution in [0.3, 0.4) is 0 Å². The Morgan fingerprint density at radius 1 is 1.55 bits per heavy atom. The quantitative estimate of drug-likeness (QED) is 0.460. The molecule has 0 saturated carbocycles. The van der Waals surface area contributed by atoms with Crippen LogP contribution in [0.15, 0.2) is 4.99 Å². The van der Waals surface area contributed by atoms with E-state index in [0.29, 0.717) is 0 Å². The van der Waals surface area contributed by atoms with Crippen molar-refractivity contribution in [1.29, 1.82) is 10.5 Å². The molecule has 2 atom stereocenters. The summed E-state index contributed by atoms with van der Waals surface area (Å²) in [5.41, 5.74) is 0. The lowest BCUT2D eigenvalue weighted by Crippen LogP contribution is -2.33. The lowest BCUT2D eigenvalue weighted by Gasteiger charge is -2.12. The highest BCUT2D eigenvalue weighted by atomic mass is 19.1. The van der Waals surface area contributed by atoms with Gasteiger partial charge in [0.05, 0.1) is 12.1 Å². The van der Waals surface area contributed by atoms with E-state index < -0.39 is 18.2 Å². The van der Waals surface area contributed by atoms with Crippen molar-refractivity contribution in [2.45, 2.75) is 12.1 Å². The number of halogens is 1. The van der Waals surface area contributed by atoms with Crippen molar-refractivity contribution in [1.82, 2.24) is 4.90 Å². The molecule has 1 heterocycles. The zero-order valence-corrected chi connectivity index (χ0v) is 5.82. The maximum atomic E-state index is 12.6. The van der Waals surface area contributed by atoms with Crippen LogP contribution in [-0.4, -0.2) is 30.1 Å². The Balaban J connectivity index is 2.88. The first-order chi connectivity index (χ1) is 5.20. The van der Waals surface area contributed by atoms with Crippen LogP contribution in [0.25, 0.3) is 0 Å². The van der Waals surface area contributed by atoms with Gasteiger partial charge in [-0.15, -0.1) is 0 Å². The summed E-state index contributed by atoms with van der Waals surface area (Å²) >= 11 is 0. The van der Waals surface area contributed by atoms with Gasteiger partial charge in [-0.05, 0) is 0 Å². The van der Waals surface area contributed by atoms with E-state index in [1.807, 2.05) is 0 Å². The van der Waals surface area contributed by atoms with Gasteiger partial charge in [0.2, 0.25) is 0 Å². The maximum Gasteiger partial charge on any atom is 0.282 e. The molecule has 5 heteroatoms. The van der Waals surface area contributed by atoms with Crippen molar-refractivity contribution in [2.75, 3.05) is 7.05 Å². The molecule has 0 spiro atoms. The van der Waals surface area contributed by atoms with Crippen molar-refractivity contribution in [2.24, 2.45) is 4.99 Å². The number of hydrogen-bond donors (Lipinski definition) is 0. The van der Waals surface area contributed by atoms with Crippen molar-refractivity contribution in [3.63, 3.8) is 0 Å². The second-order valence-electron chi connectivity index (χ2n) is 2.16. The molecule has 11 heavy (non-hydrogen) atoms. The van der Waals surface area contributed by atoms with E-state index in [1.165, 1.54) is 7.05 Å². The second kappa shape index (κ2) is 2.55. The monoisotopic (exact) mass is 152 g/mol. The van der Waals surface area contributed by atoms with E-state index in [1.54, 1.807) is 12.1 Å². The molecule has 0 bridgehead atoms. The number of amidine groups is 1. The van der Waals surface area contributed by atoms with Gasteiger partial charge in [0, 0.05) is 7.05 Å². The fourth-order valence-electron chi connectivity index (χ4n) is 0.860. The van der Waals surface area contributed by atoms with Crippen molar-refractivity contribution in [3.8, 4) is 12.1 Å². The molecule has 0 amide bonds. The molecule has 0 aromatic heterocycles. The summed E-state index contributed by atoms with van der Waals surface area (Å²) in [5.74, 6) is 0. The molecule has 0 aliphatic carbocycles. The smallest absolute Gasteiger partial charge is 0.282 e. The Kier molecular flexibility index (Phi) is 1.74. The Bertz CT molecular complexity index is 271. The predicted molar refractivity (Wildman–Crippen MR) is 35.1 cm³/mol. The standard InChI is InChI=1S/C6H5FN4/c1-11-5(3-9)4(2-8)10-6(11)7/h4-5H,1H3. The van der Waals surface area contributed by atoms with E-state index in [2.05, 4.69) is 4.99 Å². The van der Waals surface area contributed by atoms with Crippen LogP contribution >= 0.6 is 0 Å². The summed E-state index contributed by atoms with van der Waals surface area (Å²) in [6.07, 6.45) is -0.747. The van der Waals surface area contributed by atoms with Crippen molar-refractivity contribution < 1.29 is 4.39 Å². The first kappa shape index (κ1) is 7.49. The summed E-state index contributed by atoms with van der Waals surface area (Å²) in [5, 5.41) is 16.9. The third kappa shape index (κ3) is 1.01. The molecule has 1 aliphatic heterocycles. The Morgan fingerprint density at radius 2 is 2.18 bits per heavy atom. The summed E-state index contributed by atoms with van der Waals surface area (Å²) in [6.45, 7) is 0. The largest absolute Gasteiger partial charge is 0.317 e. The molecule has 0 aromatic rings. The SMILES string of the molecule is CN1C(F)=NC(C#N)C1C#N. The Hall–Kier alpha value is -1.62. The molecule has 4 nitrogen and oxygen atoms in total. The van der Waals surface area contributed by atoms with E-state index in [-0.39, 0.29) is 0 Å². The lowest BCUT2D eigenvalue weighted by molar-refractivity contribution is 0.418. The van der Waals surface area contributed by atoms with Gasteiger partial charge in [-0.2, -0.15) is 14.9 Å². The molecule has 1 rings (SSSR count). The fourth-order valence-corrected chi connectivity index (χ4v) is 0.860. The highest BCUT2D eigenvalue weighted by Crippen LogP contribution is 2.14. The number of aliphatic imine (C=N–C) groups is 1. The molecule has 0 aromatic carbocycles. The summed E-state index contributed by atoms with van der Waals surface area (Å²) < 4.78 is 12.6. The average molecular weight is 152 g/mol. The Labute approximate surface area is 63.2 Å². The minimum Gasteiger partial charge on any atom is -0.317 e. The number of rotatable bonds is 0. The van der Waals surface area contributed by atoms with Crippen molar-refractivity contribution in [3.05, 3.63) is 0 Å². The van der Waals surface area contributed by atoms with Crippen LogP contribution in [-0.2, 0) is 0 Å². The first-order valence-electron chi connectivity index (χ1n) is 2.96. The van der Waals surface area contributed by atoms with E-state index >= 15 is 0 Å². The van der Waals surface area contributed by atoms with Crippen LogP contribution in [0, 0.1) is 22.7 Å². The van der Waals surface area contributed by atoms with E-state index in [9.17, 15) is 4.39 Å². The minimum atomic E-state index is -0.884. The summed E-state index contributed by atoms with van der Waals surface area (Å²) in [6, 6.07) is 1.87. The zero-order valence-electron chi connectivity index (χ0n) is 5.82. The van der Waals surface area contributed by atoms with Gasteiger partial charge < -0.3 is 4.90 Å². The maximum absolute atomic E-state index is 12.6. The lowest BCUT2D eigenvalue weighted by atomic mass is 10.2. The molecule has 2 unspecified atom stereocenters. The van der Waals surface area contributed by atoms with Crippen LogP contribution in [0.2, 0.25) is 0 Å². The zero-order chi connectivity index (χ0) is 8.43. The van der Waals surface area contributed by atoms with Gasteiger partial charge in [0.1, 0.15) is 0 Å². The molecule has 0 saturated heterocycles. The topological polar surface area (TPSA) is 63.2 Å². The molecular weight excluding hydrogens is 147 g/mol. The van der Waals surface area contributed by atoms with Crippen LogP contribution < -0.4 is 0 Å². The molecular formula is C6H5FN4. The Morgan fingerprint density at radius 3 is 2.55 bits per heavy atom. The average Bonchev–Trinajstić information content (AvgIpc) is 2.28. The number of hydrogen-bond acceptors (Lipinski definition) is 4. The molecule has 0 fully saturated rings. The van der Waals surface area contributed by atoms with Gasteiger partial charge in [-0.3, -0.25) is 0 Å². The number of likely N-dealkylation sites (N-methyl/N-ethyl adjacent to an activating group) is 1. The van der Waals surface area contributed by atoms with Gasteiger partial charge in [0.15, 0.2) is 12.1 Å². The molecule has 0 N–H and O–H groups in total. The highest BCUT2D eigenvalue weighted by Gasteiger charge is 2.34. The molecule has 0 radical (unpaired) electrons. The summed E-state index contributed by atoms with van der Waals surface area (Å²) in [7, 11) is 1.39. The molecule has 1 aliphatic rings. The van der Waals surface area contributed by atoms with Crippen LogP contribution in [0.4, 0.5) is 4.39 Å². The van der Waals surface area contributed by atoms with Crippen LogP contribution in [0.5, 0.6) is 0 Å². The molecule has 56 valence electrons. The third-order valence-electron chi connectivity index (χ3n) is 1.52. The van der Waals surface area contributed by atoms with Gasteiger partial charge >= 0.3 is 0 Å². The highest BCUT2D eigenvalue weighted by molar-refractivity contribution is 5.76. The number of nitriles is 2. The van der Waals surface area contributed by atoms with Gasteiger partial charge in [-0.25, -0.2) is 4.99 Å². The third-order valence-corrected chi connectivity index (χ3v) is 1.52. The minimum absolute atomic E-state index is 0.747. The van der Waals surface area contributed by atoms with E-state index in [4.69, 9.17) is 10.5 Å². The fraction of sp³-hybridized carbons (Fsp3) is 0.500. The van der Waals surface area contributed by atoms with Crippen molar-refractivity contribution >= 4 is 6.09 Å². The van der Waals surface area contributed by atoms with Gasteiger partial charge in [-0.1, -0.05) is 0 Å². The second-order valence-corrected chi connectivity index (χ2v) is 2.16. The number of nitrogens with zero attached hydrogens (tertiary/aromatic N) is 4. The normalized spacial score (nSPS) is 29.1. The predicted octanol–water partition coefficient (Wildman–Crippen LogP) is 0.0417. The summed E-state index contributed by atoms with van der Waals surface area (Å²) in [4.78, 5) is 4.38. The van der Waals surface area contributed by atoms with Gasteiger partial charge in [0.25, 0.3) is 6.09 Å². The van der Waals surface area contributed by atoms with E-state index in [0.717, 1.165) is 4.90 Å². The van der Waals surface area contributed by atoms with Crippen LogP contribution in [0.1, 0.15) is 0 Å². The first-order valence-corrected chi connectivity index (χ1v) is 2.96.